The van der Waals surface area contributed by atoms with Crippen LogP contribution in [-0.2, 0) is 11.3 Å². The molecule has 8 heteroatoms. The number of benzene rings is 1. The van der Waals surface area contributed by atoms with Gasteiger partial charge < -0.3 is 25.8 Å². The van der Waals surface area contributed by atoms with Gasteiger partial charge >= 0.3 is 0 Å². The third-order valence-corrected chi connectivity index (χ3v) is 8.28. The van der Waals surface area contributed by atoms with E-state index in [4.69, 9.17) is 10.8 Å². The molecule has 2 aromatic rings. The Morgan fingerprint density at radius 3 is 2.76 bits per heavy atom. The predicted octanol–water partition coefficient (Wildman–Crippen LogP) is 3.76. The van der Waals surface area contributed by atoms with Crippen molar-refractivity contribution in [2.24, 2.45) is 11.7 Å². The molecular weight excluding hydrogens is 474 g/mol. The second-order valence-electron chi connectivity index (χ2n) is 11.4. The Kier molecular flexibility index (Phi) is 9.85. The zero-order valence-corrected chi connectivity index (χ0v) is 24.2. The number of rotatable bonds is 11. The van der Waals surface area contributed by atoms with Crippen molar-refractivity contribution in [2.75, 3.05) is 57.8 Å². The van der Waals surface area contributed by atoms with Crippen LogP contribution in [0, 0.1) is 5.92 Å². The molecule has 38 heavy (non-hydrogen) atoms. The number of nitrogens with zero attached hydrogens (tertiary/aromatic N) is 5. The first-order valence-electron chi connectivity index (χ1n) is 14.7. The first kappa shape index (κ1) is 28.6. The third-order valence-electron chi connectivity index (χ3n) is 8.28. The zero-order chi connectivity index (χ0) is 27.2. The summed E-state index contributed by atoms with van der Waals surface area (Å²) in [6.45, 7) is 15.6. The Balaban J connectivity index is 1.68. The molecule has 0 bridgehead atoms. The van der Waals surface area contributed by atoms with E-state index >= 15 is 0 Å². The van der Waals surface area contributed by atoms with E-state index < -0.39 is 0 Å². The van der Waals surface area contributed by atoms with Gasteiger partial charge in [0.05, 0.1) is 18.2 Å². The number of piperidine rings is 1. The van der Waals surface area contributed by atoms with Crippen LogP contribution < -0.4 is 16.0 Å². The van der Waals surface area contributed by atoms with Gasteiger partial charge in [0.15, 0.2) is 0 Å². The minimum Gasteiger partial charge on any atom is -0.350 e. The van der Waals surface area contributed by atoms with Gasteiger partial charge in [0.25, 0.3) is 0 Å². The Hall–Kier alpha value is -2.42. The lowest BCUT2D eigenvalue weighted by Crippen LogP contribution is -2.45. The molecule has 4 rings (SSSR count). The first-order chi connectivity index (χ1) is 18.4. The van der Waals surface area contributed by atoms with Crippen LogP contribution in [0.4, 0.5) is 5.82 Å². The molecule has 2 aliphatic heterocycles. The van der Waals surface area contributed by atoms with Gasteiger partial charge in [-0.15, -0.1) is 0 Å². The van der Waals surface area contributed by atoms with Gasteiger partial charge in [-0.25, -0.2) is 4.68 Å². The largest absolute Gasteiger partial charge is 0.350 e. The van der Waals surface area contributed by atoms with Gasteiger partial charge in [0.1, 0.15) is 5.82 Å². The van der Waals surface area contributed by atoms with Crippen LogP contribution in [0.3, 0.4) is 0 Å². The SMILES string of the molecule is CCN(CC1CCCNC1)C(=O)C1CC(c2cccc(CN(C)CCN)c2)N(CC)c2c1cnn2C(C)C. The zero-order valence-electron chi connectivity index (χ0n) is 24.2. The predicted molar refractivity (Wildman–Crippen MR) is 155 cm³/mol. The summed E-state index contributed by atoms with van der Waals surface area (Å²) in [4.78, 5) is 21.1. The van der Waals surface area contributed by atoms with Gasteiger partial charge in [0.2, 0.25) is 5.91 Å². The molecule has 3 atom stereocenters. The van der Waals surface area contributed by atoms with Gasteiger partial charge in [0, 0.05) is 50.9 Å². The monoisotopic (exact) mass is 523 g/mol. The van der Waals surface area contributed by atoms with E-state index in [0.29, 0.717) is 12.5 Å². The maximum absolute atomic E-state index is 14.2. The Morgan fingerprint density at radius 1 is 1.29 bits per heavy atom. The Morgan fingerprint density at radius 2 is 2.11 bits per heavy atom. The number of fused-ring (bicyclic) bond motifs is 1. The van der Waals surface area contributed by atoms with Gasteiger partial charge in [-0.3, -0.25) is 4.79 Å². The maximum atomic E-state index is 14.2. The van der Waals surface area contributed by atoms with Crippen LogP contribution in [0.1, 0.15) is 81.6 Å². The molecule has 0 radical (unpaired) electrons. The maximum Gasteiger partial charge on any atom is 0.230 e. The minimum atomic E-state index is -0.189. The summed E-state index contributed by atoms with van der Waals surface area (Å²) in [6, 6.07) is 9.25. The van der Waals surface area contributed by atoms with Crippen molar-refractivity contribution in [3.63, 3.8) is 0 Å². The summed E-state index contributed by atoms with van der Waals surface area (Å²) < 4.78 is 2.12. The molecule has 3 heterocycles. The van der Waals surface area contributed by atoms with E-state index in [-0.39, 0.29) is 23.9 Å². The van der Waals surface area contributed by atoms with Crippen molar-refractivity contribution in [3.05, 3.63) is 47.2 Å². The number of anilines is 1. The Bertz CT molecular complexity index is 1040. The summed E-state index contributed by atoms with van der Waals surface area (Å²) in [5.41, 5.74) is 9.41. The smallest absolute Gasteiger partial charge is 0.230 e. The molecule has 0 aliphatic carbocycles. The van der Waals surface area contributed by atoms with E-state index in [1.807, 2.05) is 6.20 Å². The molecule has 3 N–H and O–H groups in total. The number of carbonyl (C=O) groups is 1. The molecule has 8 nitrogen and oxygen atoms in total. The van der Waals surface area contributed by atoms with Crippen LogP contribution >= 0.6 is 0 Å². The molecule has 1 aromatic carbocycles. The molecular formula is C30H49N7O. The van der Waals surface area contributed by atoms with Gasteiger partial charge in [-0.2, -0.15) is 5.10 Å². The van der Waals surface area contributed by atoms with E-state index in [9.17, 15) is 4.79 Å². The summed E-state index contributed by atoms with van der Waals surface area (Å²) in [5.74, 6) is 1.70. The summed E-state index contributed by atoms with van der Waals surface area (Å²) in [6.07, 6.45) is 5.11. The number of hydrogen-bond donors (Lipinski definition) is 2. The second kappa shape index (κ2) is 13.1. The topological polar surface area (TPSA) is 82.7 Å². The fraction of sp³-hybridized carbons (Fsp3) is 0.667. The van der Waals surface area contributed by atoms with Crippen molar-refractivity contribution in [3.8, 4) is 0 Å². The standard InChI is InChI=1S/C30H49N7O/c1-6-35(21-24-11-9-14-32-18-24)30(38)26-17-28(25-12-8-10-23(16-25)20-34(5)15-13-31)36(7-2)29-27(26)19-33-37(29)22(3)4/h8,10,12,16,19,22,24,26,28,32H,6-7,9,11,13-15,17-18,20-21,31H2,1-5H3. The van der Waals surface area contributed by atoms with Gasteiger partial charge in [-0.05, 0) is 84.1 Å². The van der Waals surface area contributed by atoms with E-state index in [0.717, 1.165) is 63.6 Å². The van der Waals surface area contributed by atoms with Crippen molar-refractivity contribution in [1.82, 2.24) is 24.9 Å². The molecule has 210 valence electrons. The van der Waals surface area contributed by atoms with Crippen LogP contribution in [0.2, 0.25) is 0 Å². The lowest BCUT2D eigenvalue weighted by atomic mass is 9.83. The average Bonchev–Trinajstić information content (AvgIpc) is 3.37. The van der Waals surface area contributed by atoms with Crippen LogP contribution in [0.15, 0.2) is 30.5 Å². The fourth-order valence-corrected chi connectivity index (χ4v) is 6.33. The highest BCUT2D eigenvalue weighted by atomic mass is 16.2. The van der Waals surface area contributed by atoms with Crippen molar-refractivity contribution in [2.45, 2.75) is 71.5 Å². The lowest BCUT2D eigenvalue weighted by Gasteiger charge is -2.42. The first-order valence-corrected chi connectivity index (χ1v) is 14.7. The molecule has 0 spiro atoms. The second-order valence-corrected chi connectivity index (χ2v) is 11.4. The highest BCUT2D eigenvalue weighted by Gasteiger charge is 2.41. The molecule has 1 fully saturated rings. The molecule has 1 amide bonds. The van der Waals surface area contributed by atoms with Gasteiger partial charge in [-0.1, -0.05) is 24.3 Å². The minimum absolute atomic E-state index is 0.116. The third kappa shape index (κ3) is 6.24. The molecule has 1 aromatic heterocycles. The normalized spacial score (nSPS) is 21.7. The fourth-order valence-electron chi connectivity index (χ4n) is 6.33. The highest BCUT2D eigenvalue weighted by Crippen LogP contribution is 2.46. The Labute approximate surface area is 229 Å². The molecule has 1 saturated heterocycles. The van der Waals surface area contributed by atoms with Crippen molar-refractivity contribution < 1.29 is 4.79 Å². The number of aromatic nitrogens is 2. The van der Waals surface area contributed by atoms with Crippen LogP contribution in [-0.4, -0.2) is 78.3 Å². The number of nitrogens with one attached hydrogen (secondary N) is 1. The summed E-state index contributed by atoms with van der Waals surface area (Å²) in [5, 5.41) is 8.32. The van der Waals surface area contributed by atoms with E-state index in [1.165, 1.54) is 24.0 Å². The number of carbonyl (C=O) groups excluding carboxylic acids is 1. The number of likely N-dealkylation sites (N-methyl/N-ethyl adjacent to an activating group) is 2. The number of hydrogen-bond acceptors (Lipinski definition) is 6. The lowest BCUT2D eigenvalue weighted by molar-refractivity contribution is -0.133. The summed E-state index contributed by atoms with van der Waals surface area (Å²) >= 11 is 0. The van der Waals surface area contributed by atoms with Crippen molar-refractivity contribution in [1.29, 1.82) is 0 Å². The molecule has 0 saturated carbocycles. The van der Waals surface area contributed by atoms with Crippen molar-refractivity contribution >= 4 is 11.7 Å². The number of nitrogens with two attached hydrogens (primary N) is 1. The van der Waals surface area contributed by atoms with Crippen LogP contribution in [0.5, 0.6) is 0 Å². The summed E-state index contributed by atoms with van der Waals surface area (Å²) in [7, 11) is 2.11. The van der Waals surface area contributed by atoms with E-state index in [2.05, 4.69) is 83.7 Å². The molecule has 2 aliphatic rings. The van der Waals surface area contributed by atoms with E-state index in [1.54, 1.807) is 0 Å². The number of amides is 1. The quantitative estimate of drug-likeness (QED) is 0.467. The average molecular weight is 524 g/mol. The van der Waals surface area contributed by atoms with Crippen LogP contribution in [0.25, 0.3) is 0 Å². The highest BCUT2D eigenvalue weighted by molar-refractivity contribution is 5.86. The molecule has 3 unspecified atom stereocenters.